The first-order valence-electron chi connectivity index (χ1n) is 9.30. The number of primary amides is 1. The van der Waals surface area contributed by atoms with Crippen LogP contribution >= 0.6 is 0 Å². The van der Waals surface area contributed by atoms with E-state index in [0.717, 1.165) is 43.5 Å². The Kier molecular flexibility index (Phi) is 4.58. The monoisotopic (exact) mass is 366 g/mol. The van der Waals surface area contributed by atoms with Crippen LogP contribution in [0.5, 0.6) is 0 Å². The predicted molar refractivity (Wildman–Crippen MR) is 98.9 cm³/mol. The largest absolute Gasteiger partial charge is 0.461 e. The molecule has 1 aromatic heterocycles. The molecule has 2 saturated heterocycles. The SMILES string of the molecule is N#CC1CCCN1C(=O)CN1CCC(c2cc3c(C(N)=O)cccc3o2)C1. The number of nitrogens with zero attached hydrogens (tertiary/aromatic N) is 3. The molecular weight excluding hydrogens is 344 g/mol. The average Bonchev–Trinajstić information content (AvgIpc) is 3.38. The molecule has 2 atom stereocenters. The summed E-state index contributed by atoms with van der Waals surface area (Å²) < 4.78 is 5.96. The zero-order chi connectivity index (χ0) is 19.0. The van der Waals surface area contributed by atoms with E-state index in [2.05, 4.69) is 11.0 Å². The zero-order valence-corrected chi connectivity index (χ0v) is 15.1. The fourth-order valence-corrected chi connectivity index (χ4v) is 4.19. The van der Waals surface area contributed by atoms with Crippen molar-refractivity contribution in [3.63, 3.8) is 0 Å². The Hall–Kier alpha value is -2.85. The summed E-state index contributed by atoms with van der Waals surface area (Å²) in [6.45, 7) is 2.54. The van der Waals surface area contributed by atoms with Gasteiger partial charge in [-0.1, -0.05) is 6.07 Å². The molecule has 27 heavy (non-hydrogen) atoms. The van der Waals surface area contributed by atoms with Crippen molar-refractivity contribution in [1.29, 1.82) is 5.26 Å². The van der Waals surface area contributed by atoms with Gasteiger partial charge in [-0.05, 0) is 44.0 Å². The fourth-order valence-electron chi connectivity index (χ4n) is 4.19. The summed E-state index contributed by atoms with van der Waals surface area (Å²) in [5.41, 5.74) is 6.57. The van der Waals surface area contributed by atoms with Gasteiger partial charge in [-0.25, -0.2) is 0 Å². The lowest BCUT2D eigenvalue weighted by Gasteiger charge is -2.23. The Labute approximate surface area is 157 Å². The molecule has 2 N–H and O–H groups in total. The number of rotatable bonds is 4. The molecule has 2 aliphatic heterocycles. The number of nitrogens with two attached hydrogens (primary N) is 1. The van der Waals surface area contributed by atoms with Gasteiger partial charge in [0, 0.05) is 24.4 Å². The van der Waals surface area contributed by atoms with E-state index in [4.69, 9.17) is 15.4 Å². The Balaban J connectivity index is 1.45. The van der Waals surface area contributed by atoms with Crippen LogP contribution < -0.4 is 5.73 Å². The van der Waals surface area contributed by atoms with Crippen LogP contribution in [0.15, 0.2) is 28.7 Å². The van der Waals surface area contributed by atoms with E-state index < -0.39 is 5.91 Å². The van der Waals surface area contributed by atoms with Gasteiger partial charge >= 0.3 is 0 Å². The van der Waals surface area contributed by atoms with Gasteiger partial charge in [0.2, 0.25) is 11.8 Å². The van der Waals surface area contributed by atoms with Crippen LogP contribution in [0.4, 0.5) is 0 Å². The standard InChI is InChI=1S/C20H22N4O3/c21-10-14-3-2-7-24(14)19(25)12-23-8-6-13(11-23)18-9-16-15(20(22)26)4-1-5-17(16)27-18/h1,4-5,9,13-14H,2-3,6-8,11-12H2,(H2,22,26). The van der Waals surface area contributed by atoms with Gasteiger partial charge in [-0.3, -0.25) is 14.5 Å². The summed E-state index contributed by atoms with van der Waals surface area (Å²) in [4.78, 5) is 28.0. The minimum atomic E-state index is -0.468. The second kappa shape index (κ2) is 7.05. The van der Waals surface area contributed by atoms with Gasteiger partial charge in [-0.2, -0.15) is 5.26 Å². The quantitative estimate of drug-likeness (QED) is 0.889. The maximum absolute atomic E-state index is 12.5. The van der Waals surface area contributed by atoms with E-state index in [1.807, 2.05) is 12.1 Å². The molecule has 2 unspecified atom stereocenters. The number of fused-ring (bicyclic) bond motifs is 1. The zero-order valence-electron chi connectivity index (χ0n) is 15.1. The number of furan rings is 1. The first-order valence-corrected chi connectivity index (χ1v) is 9.30. The molecule has 1 aromatic carbocycles. The maximum atomic E-state index is 12.5. The molecule has 140 valence electrons. The second-order valence-electron chi connectivity index (χ2n) is 7.33. The third-order valence-electron chi connectivity index (χ3n) is 5.60. The van der Waals surface area contributed by atoms with Crippen molar-refractivity contribution in [3.8, 4) is 6.07 Å². The predicted octanol–water partition coefficient (Wildman–Crippen LogP) is 1.84. The Bertz CT molecular complexity index is 929. The molecule has 0 saturated carbocycles. The van der Waals surface area contributed by atoms with E-state index in [0.29, 0.717) is 24.2 Å². The Morgan fingerprint density at radius 2 is 2.15 bits per heavy atom. The van der Waals surface area contributed by atoms with Crippen LogP contribution in [-0.2, 0) is 4.79 Å². The lowest BCUT2D eigenvalue weighted by Crippen LogP contribution is -2.41. The van der Waals surface area contributed by atoms with Gasteiger partial charge in [-0.15, -0.1) is 0 Å². The lowest BCUT2D eigenvalue weighted by atomic mass is 10.0. The number of hydrogen-bond donors (Lipinski definition) is 1. The highest BCUT2D eigenvalue weighted by Crippen LogP contribution is 2.33. The third-order valence-corrected chi connectivity index (χ3v) is 5.60. The van der Waals surface area contributed by atoms with E-state index in [1.165, 1.54) is 0 Å². The van der Waals surface area contributed by atoms with Crippen LogP contribution in [0.1, 0.15) is 41.3 Å². The molecule has 2 aliphatic rings. The number of carbonyl (C=O) groups excluding carboxylic acids is 2. The molecule has 2 fully saturated rings. The van der Waals surface area contributed by atoms with Crippen LogP contribution in [-0.4, -0.2) is 53.8 Å². The van der Waals surface area contributed by atoms with Gasteiger partial charge in [0.05, 0.1) is 18.2 Å². The number of benzene rings is 1. The van der Waals surface area contributed by atoms with Crippen molar-refractivity contribution in [1.82, 2.24) is 9.80 Å². The summed E-state index contributed by atoms with van der Waals surface area (Å²) in [6, 6.07) is 9.13. The lowest BCUT2D eigenvalue weighted by molar-refractivity contribution is -0.132. The molecule has 7 heteroatoms. The Morgan fingerprint density at radius 3 is 2.93 bits per heavy atom. The number of nitriles is 1. The number of amides is 2. The van der Waals surface area contributed by atoms with Gasteiger partial charge in [0.1, 0.15) is 17.4 Å². The summed E-state index contributed by atoms with van der Waals surface area (Å²) in [7, 11) is 0. The van der Waals surface area contributed by atoms with Crippen LogP contribution in [0, 0.1) is 11.3 Å². The van der Waals surface area contributed by atoms with Crippen molar-refractivity contribution < 1.29 is 14.0 Å². The summed E-state index contributed by atoms with van der Waals surface area (Å²) >= 11 is 0. The topological polar surface area (TPSA) is 104 Å². The first-order chi connectivity index (χ1) is 13.1. The smallest absolute Gasteiger partial charge is 0.249 e. The van der Waals surface area contributed by atoms with E-state index in [1.54, 1.807) is 17.0 Å². The molecular formula is C20H22N4O3. The molecule has 7 nitrogen and oxygen atoms in total. The third kappa shape index (κ3) is 3.28. The highest BCUT2D eigenvalue weighted by molar-refractivity contribution is 6.05. The van der Waals surface area contributed by atoms with E-state index in [-0.39, 0.29) is 17.9 Å². The van der Waals surface area contributed by atoms with Crippen molar-refractivity contribution in [2.45, 2.75) is 31.2 Å². The summed E-state index contributed by atoms with van der Waals surface area (Å²) in [5, 5.41) is 9.90. The average molecular weight is 366 g/mol. The number of hydrogen-bond acceptors (Lipinski definition) is 5. The minimum absolute atomic E-state index is 0.0281. The van der Waals surface area contributed by atoms with Crippen LogP contribution in [0.25, 0.3) is 11.0 Å². The Morgan fingerprint density at radius 1 is 1.30 bits per heavy atom. The molecule has 0 radical (unpaired) electrons. The molecule has 4 rings (SSSR count). The van der Waals surface area contributed by atoms with Crippen LogP contribution in [0.3, 0.4) is 0 Å². The first kappa shape index (κ1) is 17.6. The highest BCUT2D eigenvalue weighted by atomic mass is 16.3. The molecule has 0 bridgehead atoms. The van der Waals surface area contributed by atoms with E-state index >= 15 is 0 Å². The summed E-state index contributed by atoms with van der Waals surface area (Å²) in [6.07, 6.45) is 2.56. The van der Waals surface area contributed by atoms with Crippen molar-refractivity contribution in [2.24, 2.45) is 5.73 Å². The van der Waals surface area contributed by atoms with Crippen LogP contribution in [0.2, 0.25) is 0 Å². The van der Waals surface area contributed by atoms with Crippen molar-refractivity contribution >= 4 is 22.8 Å². The molecule has 0 aliphatic carbocycles. The molecule has 2 aromatic rings. The number of likely N-dealkylation sites (tertiary alicyclic amines) is 2. The van der Waals surface area contributed by atoms with Gasteiger partial charge < -0.3 is 15.1 Å². The maximum Gasteiger partial charge on any atom is 0.249 e. The second-order valence-corrected chi connectivity index (χ2v) is 7.33. The highest BCUT2D eigenvalue weighted by Gasteiger charge is 2.32. The normalized spacial score (nSPS) is 23.0. The number of carbonyl (C=O) groups is 2. The van der Waals surface area contributed by atoms with Crippen molar-refractivity contribution in [3.05, 3.63) is 35.6 Å². The van der Waals surface area contributed by atoms with Gasteiger partial charge in [0.25, 0.3) is 0 Å². The molecule has 0 spiro atoms. The summed E-state index contributed by atoms with van der Waals surface area (Å²) in [5.74, 6) is 0.561. The van der Waals surface area contributed by atoms with E-state index in [9.17, 15) is 9.59 Å². The van der Waals surface area contributed by atoms with Gasteiger partial charge in [0.15, 0.2) is 0 Å². The molecule has 2 amide bonds. The van der Waals surface area contributed by atoms with Crippen molar-refractivity contribution in [2.75, 3.05) is 26.2 Å². The minimum Gasteiger partial charge on any atom is -0.461 e. The molecule has 3 heterocycles. The fraction of sp³-hybridized carbons (Fsp3) is 0.450.